The normalized spacial score (nSPS) is 15.6. The van der Waals surface area contributed by atoms with E-state index in [9.17, 15) is 8.42 Å². The molecule has 4 rings (SSSR count). The number of hydrogen-bond acceptors (Lipinski definition) is 2. The molecule has 0 aliphatic heterocycles. The zero-order valence-electron chi connectivity index (χ0n) is 15.9. The number of benzene rings is 3. The fourth-order valence-electron chi connectivity index (χ4n) is 3.95. The third-order valence-electron chi connectivity index (χ3n) is 5.44. The van der Waals surface area contributed by atoms with Crippen molar-refractivity contribution in [3.8, 4) is 0 Å². The Bertz CT molecular complexity index is 954. The molecule has 1 fully saturated rings. The number of rotatable bonds is 5. The van der Waals surface area contributed by atoms with Crippen LogP contribution in [0.5, 0.6) is 0 Å². The van der Waals surface area contributed by atoms with Crippen molar-refractivity contribution in [2.45, 2.75) is 42.2 Å². The van der Waals surface area contributed by atoms with Gasteiger partial charge in [0.2, 0.25) is 0 Å². The minimum atomic E-state index is -3.23. The van der Waals surface area contributed by atoms with Crippen LogP contribution in [0.25, 0.3) is 0 Å². The van der Waals surface area contributed by atoms with Gasteiger partial charge in [-0.3, -0.25) is 0 Å². The summed E-state index contributed by atoms with van der Waals surface area (Å²) >= 11 is 0. The summed E-state index contributed by atoms with van der Waals surface area (Å²) in [5, 5.41) is 3.50. The van der Waals surface area contributed by atoms with Crippen molar-refractivity contribution in [1.29, 1.82) is 0 Å². The smallest absolute Gasteiger partial charge is 0.181 e. The molecule has 28 heavy (non-hydrogen) atoms. The van der Waals surface area contributed by atoms with Crippen molar-refractivity contribution in [2.24, 2.45) is 0 Å². The Kier molecular flexibility index (Phi) is 5.94. The molecule has 3 aromatic rings. The molecular weight excluding hydrogens is 383 g/mol. The first-order chi connectivity index (χ1) is 13.7. The van der Waals surface area contributed by atoms with E-state index in [1.165, 1.54) is 15.9 Å². The molecule has 0 aromatic heterocycles. The highest BCUT2D eigenvalue weighted by Crippen LogP contribution is 2.34. The Balaban J connectivity index is 1.69. The molecule has 1 saturated carbocycles. The Morgan fingerprint density at radius 2 is 1.07 bits per heavy atom. The minimum absolute atomic E-state index is 0.211. The Hall–Kier alpha value is -1.96. The van der Waals surface area contributed by atoms with Gasteiger partial charge >= 0.3 is 0 Å². The maximum Gasteiger partial charge on any atom is 0.181 e. The second kappa shape index (κ2) is 8.59. The molecule has 4 heteroatoms. The molecule has 2 nitrogen and oxygen atoms in total. The highest BCUT2D eigenvalue weighted by atomic mass is 32.2. The molecule has 0 atom stereocenters. The molecule has 144 valence electrons. The Morgan fingerprint density at radius 1 is 0.607 bits per heavy atom. The maximum atomic E-state index is 13.0. The standard InChI is InChI=1S/C24H25O2PS/c25-28(26,23-14-8-3-9-15-23)24-18-16-22(17-19-24)27(20-10-4-1-5-11-20)21-12-6-2-7-13-21/h1-2,4-7,10-13,16-19,23H,3,8-9,14-15H2. The summed E-state index contributed by atoms with van der Waals surface area (Å²) in [7, 11) is -3.93. The van der Waals surface area contributed by atoms with Crippen LogP contribution in [0, 0.1) is 0 Å². The third-order valence-corrected chi connectivity index (χ3v) is 10.2. The minimum Gasteiger partial charge on any atom is -0.223 e. The van der Waals surface area contributed by atoms with Gasteiger partial charge in [-0.25, -0.2) is 8.42 Å². The van der Waals surface area contributed by atoms with Crippen LogP contribution < -0.4 is 15.9 Å². The van der Waals surface area contributed by atoms with Crippen LogP contribution in [0.3, 0.4) is 0 Å². The highest BCUT2D eigenvalue weighted by Gasteiger charge is 2.29. The van der Waals surface area contributed by atoms with Crippen LogP contribution in [0.2, 0.25) is 0 Å². The summed E-state index contributed by atoms with van der Waals surface area (Å²) in [6, 6.07) is 28.6. The molecule has 0 saturated heterocycles. The van der Waals surface area contributed by atoms with Gasteiger partial charge in [0.1, 0.15) is 0 Å². The van der Waals surface area contributed by atoms with E-state index in [1.54, 1.807) is 0 Å². The number of sulfone groups is 1. The van der Waals surface area contributed by atoms with E-state index < -0.39 is 17.8 Å². The van der Waals surface area contributed by atoms with Crippen molar-refractivity contribution in [1.82, 2.24) is 0 Å². The molecule has 3 aromatic carbocycles. The molecule has 0 bridgehead atoms. The molecule has 0 unspecified atom stereocenters. The van der Waals surface area contributed by atoms with Crippen LogP contribution in [-0.4, -0.2) is 13.7 Å². The van der Waals surface area contributed by atoms with Crippen molar-refractivity contribution < 1.29 is 8.42 Å². The fraction of sp³-hybridized carbons (Fsp3) is 0.250. The van der Waals surface area contributed by atoms with E-state index >= 15 is 0 Å². The Morgan fingerprint density at radius 3 is 1.57 bits per heavy atom. The predicted octanol–water partition coefficient (Wildman–Crippen LogP) is 4.55. The highest BCUT2D eigenvalue weighted by molar-refractivity contribution is 7.92. The average molecular weight is 409 g/mol. The van der Waals surface area contributed by atoms with E-state index in [0.29, 0.717) is 4.90 Å². The lowest BCUT2D eigenvalue weighted by Crippen LogP contribution is -2.25. The molecule has 0 amide bonds. The summed E-state index contributed by atoms with van der Waals surface area (Å²) in [6.07, 6.45) is 4.80. The van der Waals surface area contributed by atoms with E-state index in [-0.39, 0.29) is 5.25 Å². The fourth-order valence-corrected chi connectivity index (χ4v) is 8.09. The summed E-state index contributed by atoms with van der Waals surface area (Å²) in [5.41, 5.74) is 0. The Labute approximate surface area is 169 Å². The summed E-state index contributed by atoms with van der Waals surface area (Å²) in [4.78, 5) is 0.472. The van der Waals surface area contributed by atoms with Gasteiger partial charge in [-0.05, 0) is 48.8 Å². The molecule has 0 N–H and O–H groups in total. The van der Waals surface area contributed by atoms with Gasteiger partial charge in [0.05, 0.1) is 10.1 Å². The van der Waals surface area contributed by atoms with E-state index in [1.807, 2.05) is 36.4 Å². The SMILES string of the molecule is O=S(=O)(c1ccc(P(c2ccccc2)c2ccccc2)cc1)C1CCCCC1. The van der Waals surface area contributed by atoms with Crippen molar-refractivity contribution >= 4 is 33.7 Å². The lowest BCUT2D eigenvalue weighted by atomic mass is 10.0. The van der Waals surface area contributed by atoms with E-state index in [0.717, 1.165) is 32.1 Å². The average Bonchev–Trinajstić information content (AvgIpc) is 2.76. The van der Waals surface area contributed by atoms with Crippen LogP contribution in [0.4, 0.5) is 0 Å². The molecule has 0 heterocycles. The first-order valence-corrected chi connectivity index (χ1v) is 12.8. The lowest BCUT2D eigenvalue weighted by molar-refractivity contribution is 0.483. The van der Waals surface area contributed by atoms with Gasteiger partial charge in [0, 0.05) is 0 Å². The van der Waals surface area contributed by atoms with Gasteiger partial charge in [0.25, 0.3) is 0 Å². The van der Waals surface area contributed by atoms with Crippen molar-refractivity contribution in [3.05, 3.63) is 84.9 Å². The predicted molar refractivity (Wildman–Crippen MR) is 119 cm³/mol. The van der Waals surface area contributed by atoms with Gasteiger partial charge in [-0.2, -0.15) is 0 Å². The first-order valence-electron chi connectivity index (χ1n) is 9.90. The molecular formula is C24H25O2PS. The maximum absolute atomic E-state index is 13.0. The van der Waals surface area contributed by atoms with Crippen molar-refractivity contribution in [3.63, 3.8) is 0 Å². The van der Waals surface area contributed by atoms with Crippen LogP contribution in [0.15, 0.2) is 89.8 Å². The first kappa shape index (κ1) is 19.4. The van der Waals surface area contributed by atoms with Crippen LogP contribution in [0.1, 0.15) is 32.1 Å². The van der Waals surface area contributed by atoms with E-state index in [2.05, 4.69) is 48.5 Å². The zero-order chi connectivity index (χ0) is 19.4. The quantitative estimate of drug-likeness (QED) is 0.581. The largest absolute Gasteiger partial charge is 0.223 e. The second-order valence-electron chi connectivity index (χ2n) is 7.31. The van der Waals surface area contributed by atoms with Gasteiger partial charge in [0.15, 0.2) is 9.84 Å². The van der Waals surface area contributed by atoms with Crippen molar-refractivity contribution in [2.75, 3.05) is 0 Å². The number of hydrogen-bond donors (Lipinski definition) is 0. The summed E-state index contributed by atoms with van der Waals surface area (Å²) in [6.45, 7) is 0. The zero-order valence-corrected chi connectivity index (χ0v) is 17.6. The molecule has 1 aliphatic carbocycles. The summed E-state index contributed by atoms with van der Waals surface area (Å²) < 4.78 is 26.0. The monoisotopic (exact) mass is 408 g/mol. The van der Waals surface area contributed by atoms with Gasteiger partial charge < -0.3 is 0 Å². The van der Waals surface area contributed by atoms with Gasteiger partial charge in [-0.15, -0.1) is 0 Å². The third kappa shape index (κ3) is 4.06. The van der Waals surface area contributed by atoms with Crippen LogP contribution in [-0.2, 0) is 9.84 Å². The molecule has 0 radical (unpaired) electrons. The molecule has 1 aliphatic rings. The molecule has 0 spiro atoms. The second-order valence-corrected chi connectivity index (χ2v) is 11.8. The van der Waals surface area contributed by atoms with Crippen LogP contribution >= 0.6 is 7.92 Å². The topological polar surface area (TPSA) is 34.1 Å². The summed E-state index contributed by atoms with van der Waals surface area (Å²) in [5.74, 6) is 0. The lowest BCUT2D eigenvalue weighted by Gasteiger charge is -2.23. The van der Waals surface area contributed by atoms with E-state index in [4.69, 9.17) is 0 Å². The van der Waals surface area contributed by atoms with Gasteiger partial charge in [-0.1, -0.05) is 92.1 Å².